The third kappa shape index (κ3) is 3.26. The molecule has 0 aliphatic heterocycles. The molecule has 0 bridgehead atoms. The highest BCUT2D eigenvalue weighted by atomic mass is 15.0. The van der Waals surface area contributed by atoms with Gasteiger partial charge < -0.3 is 5.32 Å². The zero-order valence-corrected chi connectivity index (χ0v) is 11.9. The fourth-order valence-corrected chi connectivity index (χ4v) is 2.21. The number of hydrogen-bond acceptors (Lipinski definition) is 3. The van der Waals surface area contributed by atoms with Gasteiger partial charge in [-0.05, 0) is 18.6 Å². The quantitative estimate of drug-likeness (QED) is 0.770. The monoisotopic (exact) mass is 275 g/mol. The molecule has 0 aliphatic rings. The van der Waals surface area contributed by atoms with Gasteiger partial charge in [0.15, 0.2) is 5.82 Å². The van der Waals surface area contributed by atoms with Gasteiger partial charge in [-0.2, -0.15) is 0 Å². The average Bonchev–Trinajstić information content (AvgIpc) is 2.57. The van der Waals surface area contributed by atoms with Gasteiger partial charge in [0.05, 0.1) is 0 Å². The summed E-state index contributed by atoms with van der Waals surface area (Å²) in [4.78, 5) is 8.92. The lowest BCUT2D eigenvalue weighted by molar-refractivity contribution is 0.873. The Hall–Kier alpha value is -2.68. The van der Waals surface area contributed by atoms with Gasteiger partial charge >= 0.3 is 0 Å². The van der Waals surface area contributed by atoms with E-state index in [4.69, 9.17) is 0 Å². The van der Waals surface area contributed by atoms with Gasteiger partial charge in [0.2, 0.25) is 0 Å². The van der Waals surface area contributed by atoms with Gasteiger partial charge in [-0.3, -0.25) is 0 Å². The Bertz CT molecular complexity index is 696. The number of benzene rings is 2. The molecule has 3 nitrogen and oxygen atoms in total. The van der Waals surface area contributed by atoms with E-state index in [1.807, 2.05) is 54.6 Å². The number of nitrogens with one attached hydrogen (secondary N) is 1. The van der Waals surface area contributed by atoms with E-state index in [9.17, 15) is 0 Å². The minimum absolute atomic E-state index is 0.199. The minimum atomic E-state index is 0.199. The van der Waals surface area contributed by atoms with Gasteiger partial charge in [-0.1, -0.05) is 60.7 Å². The Labute approximate surface area is 124 Å². The van der Waals surface area contributed by atoms with Crippen LogP contribution in [0.3, 0.4) is 0 Å². The van der Waals surface area contributed by atoms with Crippen molar-refractivity contribution in [2.75, 3.05) is 5.32 Å². The minimum Gasteiger partial charge on any atom is -0.363 e. The van der Waals surface area contributed by atoms with E-state index in [1.165, 1.54) is 5.56 Å². The largest absolute Gasteiger partial charge is 0.363 e. The van der Waals surface area contributed by atoms with E-state index in [0.29, 0.717) is 0 Å². The predicted molar refractivity (Wildman–Crippen MR) is 85.9 cm³/mol. The topological polar surface area (TPSA) is 37.8 Å². The first-order valence-electron chi connectivity index (χ1n) is 7.03. The molecular formula is C18H17N3. The van der Waals surface area contributed by atoms with Crippen molar-refractivity contribution in [3.8, 4) is 11.4 Å². The van der Waals surface area contributed by atoms with Crippen molar-refractivity contribution in [3.63, 3.8) is 0 Å². The van der Waals surface area contributed by atoms with Crippen LogP contribution in [0.25, 0.3) is 11.4 Å². The van der Waals surface area contributed by atoms with Crippen LogP contribution in [0.5, 0.6) is 0 Å². The SMILES string of the molecule is C[C@@H](Nc1ccnc(-c2ccccc2)n1)c1ccccc1. The number of aromatic nitrogens is 2. The molecule has 1 atom stereocenters. The fourth-order valence-electron chi connectivity index (χ4n) is 2.21. The summed E-state index contributed by atoms with van der Waals surface area (Å²) in [6, 6.07) is 22.4. The van der Waals surface area contributed by atoms with Crippen molar-refractivity contribution < 1.29 is 0 Å². The van der Waals surface area contributed by atoms with Crippen molar-refractivity contribution in [3.05, 3.63) is 78.5 Å². The van der Waals surface area contributed by atoms with Crippen LogP contribution >= 0.6 is 0 Å². The fraction of sp³-hybridized carbons (Fsp3) is 0.111. The lowest BCUT2D eigenvalue weighted by Gasteiger charge is -2.15. The summed E-state index contributed by atoms with van der Waals surface area (Å²) in [5.41, 5.74) is 2.26. The molecule has 1 aromatic heterocycles. The zero-order valence-electron chi connectivity index (χ0n) is 11.9. The van der Waals surface area contributed by atoms with Gasteiger partial charge in [0.1, 0.15) is 5.82 Å². The van der Waals surface area contributed by atoms with Crippen molar-refractivity contribution in [2.45, 2.75) is 13.0 Å². The molecule has 0 fully saturated rings. The molecule has 3 rings (SSSR count). The highest BCUT2D eigenvalue weighted by Crippen LogP contribution is 2.20. The van der Waals surface area contributed by atoms with Crippen molar-refractivity contribution >= 4 is 5.82 Å². The van der Waals surface area contributed by atoms with Crippen LogP contribution in [0.2, 0.25) is 0 Å². The van der Waals surface area contributed by atoms with Gasteiger partial charge in [0, 0.05) is 17.8 Å². The third-order valence-electron chi connectivity index (χ3n) is 3.35. The summed E-state index contributed by atoms with van der Waals surface area (Å²) in [6.07, 6.45) is 1.79. The first-order valence-corrected chi connectivity index (χ1v) is 7.03. The molecule has 2 aromatic carbocycles. The summed E-state index contributed by atoms with van der Waals surface area (Å²) >= 11 is 0. The molecule has 1 heterocycles. The summed E-state index contributed by atoms with van der Waals surface area (Å²) in [7, 11) is 0. The van der Waals surface area contributed by atoms with Gasteiger partial charge in [-0.15, -0.1) is 0 Å². The Kier molecular flexibility index (Phi) is 3.92. The first kappa shape index (κ1) is 13.3. The third-order valence-corrected chi connectivity index (χ3v) is 3.35. The Morgan fingerprint density at radius 1 is 0.857 bits per heavy atom. The molecule has 0 radical (unpaired) electrons. The summed E-state index contributed by atoms with van der Waals surface area (Å²) in [5.74, 6) is 1.57. The number of hydrogen-bond donors (Lipinski definition) is 1. The second-order valence-electron chi connectivity index (χ2n) is 4.91. The molecule has 0 aliphatic carbocycles. The molecule has 104 valence electrons. The number of rotatable bonds is 4. The molecule has 0 saturated heterocycles. The zero-order chi connectivity index (χ0) is 14.5. The normalized spacial score (nSPS) is 11.9. The van der Waals surface area contributed by atoms with Crippen LogP contribution in [0.4, 0.5) is 5.82 Å². The van der Waals surface area contributed by atoms with E-state index < -0.39 is 0 Å². The maximum absolute atomic E-state index is 4.59. The molecule has 0 amide bonds. The molecule has 21 heavy (non-hydrogen) atoms. The molecule has 3 aromatic rings. The first-order chi connectivity index (χ1) is 10.3. The van der Waals surface area contributed by atoms with Crippen LogP contribution in [-0.4, -0.2) is 9.97 Å². The summed E-state index contributed by atoms with van der Waals surface area (Å²) in [5, 5.41) is 3.42. The van der Waals surface area contributed by atoms with Crippen LogP contribution in [-0.2, 0) is 0 Å². The van der Waals surface area contributed by atoms with Crippen molar-refractivity contribution in [1.82, 2.24) is 9.97 Å². The molecule has 1 N–H and O–H groups in total. The highest BCUT2D eigenvalue weighted by Gasteiger charge is 2.07. The Balaban J connectivity index is 1.81. The van der Waals surface area contributed by atoms with E-state index >= 15 is 0 Å². The Morgan fingerprint density at radius 3 is 2.24 bits per heavy atom. The molecular weight excluding hydrogens is 258 g/mol. The van der Waals surface area contributed by atoms with Crippen LogP contribution in [0.15, 0.2) is 72.9 Å². The van der Waals surface area contributed by atoms with Crippen molar-refractivity contribution in [1.29, 1.82) is 0 Å². The standard InChI is InChI=1S/C18H17N3/c1-14(15-8-4-2-5-9-15)20-17-12-13-19-18(21-17)16-10-6-3-7-11-16/h2-14H,1H3,(H,19,20,21)/t14-/m1/s1. The summed E-state index contributed by atoms with van der Waals surface area (Å²) in [6.45, 7) is 2.12. The second kappa shape index (κ2) is 6.18. The highest BCUT2D eigenvalue weighted by molar-refractivity contribution is 5.56. The molecule has 3 heteroatoms. The second-order valence-corrected chi connectivity index (χ2v) is 4.91. The number of anilines is 1. The van der Waals surface area contributed by atoms with Crippen molar-refractivity contribution in [2.24, 2.45) is 0 Å². The lowest BCUT2D eigenvalue weighted by atomic mass is 10.1. The maximum atomic E-state index is 4.59. The maximum Gasteiger partial charge on any atom is 0.161 e. The van der Waals surface area contributed by atoms with Crippen LogP contribution < -0.4 is 5.32 Å². The number of nitrogens with zero attached hydrogens (tertiary/aromatic N) is 2. The van der Waals surface area contributed by atoms with E-state index in [-0.39, 0.29) is 6.04 Å². The van der Waals surface area contributed by atoms with Gasteiger partial charge in [0.25, 0.3) is 0 Å². The molecule has 0 saturated carbocycles. The predicted octanol–water partition coefficient (Wildman–Crippen LogP) is 4.32. The average molecular weight is 275 g/mol. The van der Waals surface area contributed by atoms with E-state index in [2.05, 4.69) is 34.3 Å². The Morgan fingerprint density at radius 2 is 1.52 bits per heavy atom. The molecule has 0 unspecified atom stereocenters. The lowest BCUT2D eigenvalue weighted by Crippen LogP contribution is -2.08. The smallest absolute Gasteiger partial charge is 0.161 e. The van der Waals surface area contributed by atoms with E-state index in [1.54, 1.807) is 6.20 Å². The van der Waals surface area contributed by atoms with Gasteiger partial charge in [-0.25, -0.2) is 9.97 Å². The van der Waals surface area contributed by atoms with Crippen LogP contribution in [0.1, 0.15) is 18.5 Å². The van der Waals surface area contributed by atoms with Crippen LogP contribution in [0, 0.1) is 0 Å². The van der Waals surface area contributed by atoms with E-state index in [0.717, 1.165) is 17.2 Å². The summed E-state index contributed by atoms with van der Waals surface area (Å²) < 4.78 is 0. The molecule has 0 spiro atoms.